The summed E-state index contributed by atoms with van der Waals surface area (Å²) in [6.45, 7) is 7.88. The van der Waals surface area contributed by atoms with Crippen LogP contribution in [0.2, 0.25) is 15.1 Å². The Bertz CT molecular complexity index is 1430. The van der Waals surface area contributed by atoms with Crippen LogP contribution < -0.4 is 10.2 Å². The van der Waals surface area contributed by atoms with Crippen LogP contribution in [0, 0.1) is 10.1 Å². The molecule has 0 radical (unpaired) electrons. The number of piperazine rings is 1. The molecule has 1 N–H and O–H groups in total. The van der Waals surface area contributed by atoms with Gasteiger partial charge < -0.3 is 10.2 Å². The third-order valence-electron chi connectivity index (χ3n) is 8.08. The zero-order valence-corrected chi connectivity index (χ0v) is 25.6. The fourth-order valence-electron chi connectivity index (χ4n) is 5.82. The maximum atomic E-state index is 12.7. The topological polar surface area (TPSA) is 94.9 Å². The SMILES string of the molecule is CC1CN(c2ncc(C(=O)NCc3ccc(Cl)c(Cl)c3)cc2Cl)CCN1C1CCN(Cc2ccc([N+](=O)[O-])cc2)CC1. The number of halogens is 3. The van der Waals surface area contributed by atoms with Crippen LogP contribution >= 0.6 is 34.8 Å². The second-order valence-corrected chi connectivity index (χ2v) is 12.1. The smallest absolute Gasteiger partial charge is 0.269 e. The Hall–Kier alpha value is -2.95. The lowest BCUT2D eigenvalue weighted by molar-refractivity contribution is -0.384. The number of hydrogen-bond acceptors (Lipinski definition) is 7. The van der Waals surface area contributed by atoms with E-state index in [0.29, 0.717) is 45.1 Å². The molecule has 3 heterocycles. The first-order valence-corrected chi connectivity index (χ1v) is 15.2. The Kier molecular flexibility index (Phi) is 9.85. The second-order valence-electron chi connectivity index (χ2n) is 10.9. The molecule has 1 aromatic heterocycles. The highest BCUT2D eigenvalue weighted by atomic mass is 35.5. The number of nitro benzene ring substituents is 1. The number of pyridine rings is 1. The lowest BCUT2D eigenvalue weighted by atomic mass is 9.99. The van der Waals surface area contributed by atoms with Crippen LogP contribution in [0.5, 0.6) is 0 Å². The zero-order chi connectivity index (χ0) is 29.8. The maximum Gasteiger partial charge on any atom is 0.269 e. The third kappa shape index (κ3) is 7.33. The number of non-ortho nitro benzene ring substituents is 1. The van der Waals surface area contributed by atoms with Crippen molar-refractivity contribution in [2.75, 3.05) is 37.6 Å². The maximum absolute atomic E-state index is 12.7. The molecular weight excluding hydrogens is 599 g/mol. The number of carbonyl (C=O) groups excluding carboxylic acids is 1. The van der Waals surface area contributed by atoms with E-state index in [1.165, 1.54) is 0 Å². The number of nitrogens with one attached hydrogen (secondary N) is 1. The van der Waals surface area contributed by atoms with E-state index in [-0.39, 0.29) is 16.5 Å². The summed E-state index contributed by atoms with van der Waals surface area (Å²) in [6, 6.07) is 14.6. The van der Waals surface area contributed by atoms with Crippen molar-refractivity contribution in [1.82, 2.24) is 20.1 Å². The molecule has 0 spiro atoms. The molecule has 12 heteroatoms. The molecule has 2 aliphatic rings. The van der Waals surface area contributed by atoms with Gasteiger partial charge in [-0.25, -0.2) is 4.98 Å². The zero-order valence-electron chi connectivity index (χ0n) is 23.3. The highest BCUT2D eigenvalue weighted by Crippen LogP contribution is 2.29. The number of hydrogen-bond donors (Lipinski definition) is 1. The van der Waals surface area contributed by atoms with Gasteiger partial charge in [-0.1, -0.05) is 53.0 Å². The van der Waals surface area contributed by atoms with Gasteiger partial charge in [-0.15, -0.1) is 0 Å². The fraction of sp³-hybridized carbons (Fsp3) is 0.400. The van der Waals surface area contributed by atoms with Crippen molar-refractivity contribution in [1.29, 1.82) is 0 Å². The normalized spacial score (nSPS) is 18.7. The van der Waals surface area contributed by atoms with Crippen LogP contribution in [-0.4, -0.2) is 70.4 Å². The quantitative estimate of drug-likeness (QED) is 0.239. The van der Waals surface area contributed by atoms with E-state index in [1.807, 2.05) is 18.2 Å². The summed E-state index contributed by atoms with van der Waals surface area (Å²) in [5, 5.41) is 15.1. The number of carbonyl (C=O) groups is 1. The van der Waals surface area contributed by atoms with Crippen LogP contribution in [0.4, 0.5) is 11.5 Å². The molecule has 0 saturated carbocycles. The first kappa shape index (κ1) is 30.5. The van der Waals surface area contributed by atoms with Gasteiger partial charge in [-0.05, 0) is 62.2 Å². The van der Waals surface area contributed by atoms with Gasteiger partial charge in [-0.3, -0.25) is 24.7 Å². The summed E-state index contributed by atoms with van der Waals surface area (Å²) < 4.78 is 0. The van der Waals surface area contributed by atoms with Crippen molar-refractivity contribution in [2.24, 2.45) is 0 Å². The van der Waals surface area contributed by atoms with Gasteiger partial charge in [0.2, 0.25) is 0 Å². The van der Waals surface area contributed by atoms with E-state index in [4.69, 9.17) is 34.8 Å². The Morgan fingerprint density at radius 2 is 1.69 bits per heavy atom. The van der Waals surface area contributed by atoms with E-state index >= 15 is 0 Å². The summed E-state index contributed by atoms with van der Waals surface area (Å²) >= 11 is 18.7. The van der Waals surface area contributed by atoms with Gasteiger partial charge in [0.15, 0.2) is 0 Å². The number of likely N-dealkylation sites (tertiary alicyclic amines) is 1. The fourth-order valence-corrected chi connectivity index (χ4v) is 6.42. The largest absolute Gasteiger partial charge is 0.353 e. The Morgan fingerprint density at radius 3 is 2.33 bits per heavy atom. The van der Waals surface area contributed by atoms with Crippen LogP contribution in [0.25, 0.3) is 0 Å². The van der Waals surface area contributed by atoms with Gasteiger partial charge in [0.05, 0.1) is 25.6 Å². The minimum Gasteiger partial charge on any atom is -0.353 e. The molecule has 2 saturated heterocycles. The van der Waals surface area contributed by atoms with Gasteiger partial charge in [0.1, 0.15) is 5.82 Å². The van der Waals surface area contributed by atoms with Crippen molar-refractivity contribution < 1.29 is 9.72 Å². The minimum absolute atomic E-state index is 0.125. The van der Waals surface area contributed by atoms with Crippen LogP contribution in [0.1, 0.15) is 41.3 Å². The first-order valence-electron chi connectivity index (χ1n) is 14.0. The molecule has 0 bridgehead atoms. The second kappa shape index (κ2) is 13.6. The standard InChI is InChI=1S/C30H33Cl3N6O3/c1-20-18-37(29-28(33)15-23(17-34-29)30(40)35-16-22-4-7-26(31)27(32)14-22)12-13-38(20)24-8-10-36(11-9-24)19-21-2-5-25(6-3-21)39(41)42/h2-7,14-15,17,20,24H,8-13,16,18-19H2,1H3,(H,35,40). The number of nitrogens with zero attached hydrogens (tertiary/aromatic N) is 5. The van der Waals surface area contributed by atoms with Gasteiger partial charge in [0.25, 0.3) is 11.6 Å². The summed E-state index contributed by atoms with van der Waals surface area (Å²) in [6.07, 6.45) is 3.74. The van der Waals surface area contributed by atoms with Crippen molar-refractivity contribution in [3.05, 3.63) is 96.6 Å². The predicted octanol–water partition coefficient (Wildman–Crippen LogP) is 6.06. The number of piperidine rings is 1. The molecule has 1 amide bonds. The Balaban J connectivity index is 1.11. The van der Waals surface area contributed by atoms with Crippen molar-refractivity contribution in [3.63, 3.8) is 0 Å². The first-order chi connectivity index (χ1) is 20.2. The molecular formula is C30H33Cl3N6O3. The number of nitro groups is 1. The van der Waals surface area contributed by atoms with E-state index in [0.717, 1.165) is 63.2 Å². The monoisotopic (exact) mass is 630 g/mol. The molecule has 1 unspecified atom stereocenters. The van der Waals surface area contributed by atoms with Gasteiger partial charge >= 0.3 is 0 Å². The lowest BCUT2D eigenvalue weighted by Crippen LogP contribution is -2.57. The van der Waals surface area contributed by atoms with Crippen molar-refractivity contribution in [3.8, 4) is 0 Å². The molecule has 2 aromatic carbocycles. The summed E-state index contributed by atoms with van der Waals surface area (Å²) in [5.74, 6) is 0.433. The highest BCUT2D eigenvalue weighted by Gasteiger charge is 2.32. The minimum atomic E-state index is -0.365. The van der Waals surface area contributed by atoms with Gasteiger partial charge in [0, 0.05) is 63.1 Å². The molecule has 5 rings (SSSR count). The molecule has 1 atom stereocenters. The summed E-state index contributed by atoms with van der Waals surface area (Å²) in [5.41, 5.74) is 2.46. The number of benzene rings is 2. The average Bonchev–Trinajstić information content (AvgIpc) is 2.98. The Labute approximate surface area is 260 Å². The van der Waals surface area contributed by atoms with E-state index in [1.54, 1.807) is 36.5 Å². The third-order valence-corrected chi connectivity index (χ3v) is 9.10. The Morgan fingerprint density at radius 1 is 0.976 bits per heavy atom. The molecule has 3 aromatic rings. The van der Waals surface area contributed by atoms with Crippen LogP contribution in [0.3, 0.4) is 0 Å². The van der Waals surface area contributed by atoms with Gasteiger partial charge in [-0.2, -0.15) is 0 Å². The van der Waals surface area contributed by atoms with Crippen molar-refractivity contribution >= 4 is 52.2 Å². The number of rotatable bonds is 8. The molecule has 9 nitrogen and oxygen atoms in total. The summed E-state index contributed by atoms with van der Waals surface area (Å²) in [4.78, 5) is 35.1. The van der Waals surface area contributed by atoms with E-state index in [2.05, 4.69) is 31.9 Å². The van der Waals surface area contributed by atoms with Crippen molar-refractivity contribution in [2.45, 2.75) is 44.9 Å². The highest BCUT2D eigenvalue weighted by molar-refractivity contribution is 6.42. The van der Waals surface area contributed by atoms with E-state index < -0.39 is 0 Å². The predicted molar refractivity (Wildman–Crippen MR) is 167 cm³/mol. The summed E-state index contributed by atoms with van der Waals surface area (Å²) in [7, 11) is 0. The molecule has 2 fully saturated rings. The van der Waals surface area contributed by atoms with E-state index in [9.17, 15) is 14.9 Å². The van der Waals surface area contributed by atoms with Crippen LogP contribution in [-0.2, 0) is 13.1 Å². The lowest BCUT2D eigenvalue weighted by Gasteiger charge is -2.47. The molecule has 42 heavy (non-hydrogen) atoms. The molecule has 222 valence electrons. The number of aromatic nitrogens is 1. The number of anilines is 1. The van der Waals surface area contributed by atoms with Crippen LogP contribution in [0.15, 0.2) is 54.7 Å². The average molecular weight is 632 g/mol. The number of amides is 1. The molecule has 2 aliphatic heterocycles. The molecule has 0 aliphatic carbocycles.